The van der Waals surface area contributed by atoms with Crippen LogP contribution >= 0.6 is 0 Å². The van der Waals surface area contributed by atoms with Gasteiger partial charge >= 0.3 is 0 Å². The number of ether oxygens (including phenoxy) is 1. The number of anilines is 2. The minimum absolute atomic E-state index is 0.472. The van der Waals surface area contributed by atoms with Crippen molar-refractivity contribution < 1.29 is 4.74 Å². The van der Waals surface area contributed by atoms with Crippen LogP contribution in [0.5, 0.6) is 0 Å². The summed E-state index contributed by atoms with van der Waals surface area (Å²) in [6, 6.07) is 1.91. The molecule has 0 atom stereocenters. The van der Waals surface area contributed by atoms with E-state index in [2.05, 4.69) is 10.3 Å². The smallest absolute Gasteiger partial charge is 0.149 e. The Hall–Kier alpha value is -1.29. The Morgan fingerprint density at radius 3 is 3.00 bits per heavy atom. The Labute approximate surface area is 103 Å². The molecule has 1 aliphatic carbocycles. The molecule has 1 heterocycles. The molecule has 0 aliphatic heterocycles. The van der Waals surface area contributed by atoms with Gasteiger partial charge in [-0.25, -0.2) is 4.98 Å². The van der Waals surface area contributed by atoms with Gasteiger partial charge in [-0.05, 0) is 31.4 Å². The van der Waals surface area contributed by atoms with Crippen molar-refractivity contribution in [1.82, 2.24) is 4.98 Å². The third-order valence-electron chi connectivity index (χ3n) is 3.26. The molecule has 1 aromatic heterocycles. The summed E-state index contributed by atoms with van der Waals surface area (Å²) < 4.78 is 5.76. The molecule has 2 rings (SSSR count). The molecule has 0 unspecified atom stereocenters. The van der Waals surface area contributed by atoms with Crippen molar-refractivity contribution in [3.63, 3.8) is 0 Å². The second kappa shape index (κ2) is 5.87. The van der Waals surface area contributed by atoms with Gasteiger partial charge < -0.3 is 15.8 Å². The Kier molecular flexibility index (Phi) is 4.20. The van der Waals surface area contributed by atoms with E-state index >= 15 is 0 Å². The number of nitrogens with zero attached hydrogens (tertiary/aromatic N) is 1. The van der Waals surface area contributed by atoms with Crippen LogP contribution in [0, 0.1) is 6.92 Å². The number of nitrogens with two attached hydrogens (primary N) is 1. The van der Waals surface area contributed by atoms with Crippen LogP contribution in [0.3, 0.4) is 0 Å². The van der Waals surface area contributed by atoms with E-state index in [-0.39, 0.29) is 0 Å². The highest BCUT2D eigenvalue weighted by Gasteiger charge is 2.14. The fourth-order valence-corrected chi connectivity index (χ4v) is 2.16. The fraction of sp³-hybridized carbons (Fsp3) is 0.615. The first-order chi connectivity index (χ1) is 8.27. The Morgan fingerprint density at radius 2 is 2.24 bits per heavy atom. The summed E-state index contributed by atoms with van der Waals surface area (Å²) in [5.41, 5.74) is 7.71. The largest absolute Gasteiger partial charge is 0.396 e. The second-order valence-electron chi connectivity index (χ2n) is 4.59. The maximum Gasteiger partial charge on any atom is 0.149 e. The van der Waals surface area contributed by atoms with Gasteiger partial charge in [0.2, 0.25) is 0 Å². The summed E-state index contributed by atoms with van der Waals surface area (Å²) in [5, 5.41) is 3.22. The summed E-state index contributed by atoms with van der Waals surface area (Å²) in [5.74, 6) is 0.764. The number of aryl methyl sites for hydroxylation is 1. The average molecular weight is 235 g/mol. The molecule has 1 aromatic rings. The second-order valence-corrected chi connectivity index (χ2v) is 4.59. The highest BCUT2D eigenvalue weighted by atomic mass is 16.5. The third-order valence-corrected chi connectivity index (χ3v) is 3.26. The molecule has 94 valence electrons. The monoisotopic (exact) mass is 235 g/mol. The fourth-order valence-electron chi connectivity index (χ4n) is 2.16. The van der Waals surface area contributed by atoms with Crippen LogP contribution in [0.15, 0.2) is 12.3 Å². The van der Waals surface area contributed by atoms with E-state index in [0.717, 1.165) is 30.2 Å². The molecule has 1 aliphatic rings. The number of nitrogens with one attached hydrogen (secondary N) is 1. The minimum atomic E-state index is 0.472. The topological polar surface area (TPSA) is 60.2 Å². The summed E-state index contributed by atoms with van der Waals surface area (Å²) in [6.07, 6.45) is 7.29. The van der Waals surface area contributed by atoms with E-state index in [4.69, 9.17) is 10.5 Å². The van der Waals surface area contributed by atoms with E-state index in [1.165, 1.54) is 25.7 Å². The average Bonchev–Trinajstić information content (AvgIpc) is 2.83. The molecular weight excluding hydrogens is 214 g/mol. The van der Waals surface area contributed by atoms with Gasteiger partial charge in [-0.2, -0.15) is 0 Å². The van der Waals surface area contributed by atoms with Crippen molar-refractivity contribution in [2.45, 2.75) is 38.7 Å². The number of rotatable bonds is 5. The van der Waals surface area contributed by atoms with Crippen LogP contribution in [-0.4, -0.2) is 24.2 Å². The molecule has 0 radical (unpaired) electrons. The summed E-state index contributed by atoms with van der Waals surface area (Å²) in [7, 11) is 0. The zero-order valence-electron chi connectivity index (χ0n) is 10.4. The van der Waals surface area contributed by atoms with Gasteiger partial charge in [0.15, 0.2) is 0 Å². The van der Waals surface area contributed by atoms with E-state index in [9.17, 15) is 0 Å². The zero-order valence-corrected chi connectivity index (χ0v) is 10.4. The van der Waals surface area contributed by atoms with Gasteiger partial charge in [-0.15, -0.1) is 0 Å². The molecule has 0 amide bonds. The van der Waals surface area contributed by atoms with E-state index in [1.54, 1.807) is 6.20 Å². The van der Waals surface area contributed by atoms with Gasteiger partial charge in [-0.1, -0.05) is 12.8 Å². The van der Waals surface area contributed by atoms with Crippen LogP contribution in [0.2, 0.25) is 0 Å². The highest BCUT2D eigenvalue weighted by Crippen LogP contribution is 2.21. The molecule has 0 saturated heterocycles. The van der Waals surface area contributed by atoms with Gasteiger partial charge in [0.25, 0.3) is 0 Å². The zero-order chi connectivity index (χ0) is 12.1. The normalized spacial score (nSPS) is 16.3. The number of hydrogen-bond donors (Lipinski definition) is 2. The summed E-state index contributed by atoms with van der Waals surface area (Å²) >= 11 is 0. The first-order valence-corrected chi connectivity index (χ1v) is 6.34. The molecule has 4 nitrogen and oxygen atoms in total. The molecule has 3 N–H and O–H groups in total. The lowest BCUT2D eigenvalue weighted by atomic mass is 10.2. The standard InChI is InChI=1S/C13H21N3O/c1-10-6-7-15-13(12(10)14)16-8-9-17-11-4-2-3-5-11/h6-7,11H,2-5,8-9,14H2,1H3,(H,15,16). The quantitative estimate of drug-likeness (QED) is 0.769. The van der Waals surface area contributed by atoms with Crippen LogP contribution in [-0.2, 0) is 4.74 Å². The van der Waals surface area contributed by atoms with Gasteiger partial charge in [0.1, 0.15) is 5.82 Å². The van der Waals surface area contributed by atoms with E-state index < -0.39 is 0 Å². The lowest BCUT2D eigenvalue weighted by molar-refractivity contribution is 0.0659. The number of hydrogen-bond acceptors (Lipinski definition) is 4. The van der Waals surface area contributed by atoms with Crippen molar-refractivity contribution in [1.29, 1.82) is 0 Å². The molecule has 17 heavy (non-hydrogen) atoms. The van der Waals surface area contributed by atoms with Gasteiger partial charge in [0.05, 0.1) is 18.4 Å². The maximum atomic E-state index is 5.92. The Morgan fingerprint density at radius 1 is 1.47 bits per heavy atom. The lowest BCUT2D eigenvalue weighted by Crippen LogP contribution is -2.16. The Bertz CT molecular complexity index is 362. The van der Waals surface area contributed by atoms with Gasteiger partial charge in [-0.3, -0.25) is 0 Å². The molecule has 0 aromatic carbocycles. The summed E-state index contributed by atoms with van der Waals surface area (Å²) in [6.45, 7) is 3.47. The van der Waals surface area contributed by atoms with E-state index in [0.29, 0.717) is 6.10 Å². The predicted molar refractivity (Wildman–Crippen MR) is 70.1 cm³/mol. The van der Waals surface area contributed by atoms with E-state index in [1.807, 2.05) is 13.0 Å². The SMILES string of the molecule is Cc1ccnc(NCCOC2CCCC2)c1N. The third kappa shape index (κ3) is 3.33. The first kappa shape index (κ1) is 12.2. The molecular formula is C13H21N3O. The van der Waals surface area contributed by atoms with Crippen molar-refractivity contribution in [2.75, 3.05) is 24.2 Å². The van der Waals surface area contributed by atoms with Crippen LogP contribution in [0.1, 0.15) is 31.2 Å². The maximum absolute atomic E-state index is 5.92. The molecule has 1 saturated carbocycles. The van der Waals surface area contributed by atoms with Crippen molar-refractivity contribution in [2.24, 2.45) is 0 Å². The Balaban J connectivity index is 1.72. The number of nitrogen functional groups attached to an aromatic ring is 1. The lowest BCUT2D eigenvalue weighted by Gasteiger charge is -2.13. The number of pyridine rings is 1. The molecule has 4 heteroatoms. The molecule has 0 spiro atoms. The molecule has 0 bridgehead atoms. The molecule has 1 fully saturated rings. The summed E-state index contributed by atoms with van der Waals surface area (Å²) in [4.78, 5) is 4.22. The van der Waals surface area contributed by atoms with Crippen molar-refractivity contribution in [3.05, 3.63) is 17.8 Å². The van der Waals surface area contributed by atoms with Crippen LogP contribution < -0.4 is 11.1 Å². The van der Waals surface area contributed by atoms with Crippen LogP contribution in [0.4, 0.5) is 11.5 Å². The van der Waals surface area contributed by atoms with Crippen molar-refractivity contribution >= 4 is 11.5 Å². The highest BCUT2D eigenvalue weighted by molar-refractivity contribution is 5.64. The number of aromatic nitrogens is 1. The van der Waals surface area contributed by atoms with Crippen molar-refractivity contribution in [3.8, 4) is 0 Å². The van der Waals surface area contributed by atoms with Gasteiger partial charge in [0, 0.05) is 12.7 Å². The first-order valence-electron chi connectivity index (χ1n) is 6.34. The minimum Gasteiger partial charge on any atom is -0.396 e. The predicted octanol–water partition coefficient (Wildman–Crippen LogP) is 2.34. The van der Waals surface area contributed by atoms with Crippen LogP contribution in [0.25, 0.3) is 0 Å².